The summed E-state index contributed by atoms with van der Waals surface area (Å²) in [6, 6.07) is 7.66. The molecule has 1 aliphatic rings. The predicted octanol–water partition coefficient (Wildman–Crippen LogP) is 1.98. The second kappa shape index (κ2) is 9.11. The average molecular weight is 300 g/mol. The van der Waals surface area contributed by atoms with E-state index >= 15 is 0 Å². The lowest BCUT2D eigenvalue weighted by molar-refractivity contribution is -0.122. The van der Waals surface area contributed by atoms with E-state index in [1.807, 2.05) is 31.2 Å². The Morgan fingerprint density at radius 1 is 1.27 bits per heavy atom. The summed E-state index contributed by atoms with van der Waals surface area (Å²) in [5.41, 5.74) is 1.11. The Labute approximate surface area is 132 Å². The molecular formula is C18H24N2O2. The third-order valence-electron chi connectivity index (χ3n) is 3.61. The molecule has 0 spiro atoms. The molecule has 4 nitrogen and oxygen atoms in total. The van der Waals surface area contributed by atoms with Crippen LogP contribution in [0.5, 0.6) is 5.75 Å². The van der Waals surface area contributed by atoms with Crippen molar-refractivity contribution < 1.29 is 9.53 Å². The number of ether oxygens (including phenoxy) is 1. The number of likely N-dealkylation sites (tertiary alicyclic amines) is 1. The zero-order valence-electron chi connectivity index (χ0n) is 13.2. The minimum atomic E-state index is -0.145. The number of aryl methyl sites for hydroxylation is 1. The second-order valence-electron chi connectivity index (χ2n) is 5.57. The van der Waals surface area contributed by atoms with Gasteiger partial charge < -0.3 is 10.1 Å². The van der Waals surface area contributed by atoms with Gasteiger partial charge in [-0.15, -0.1) is 0 Å². The van der Waals surface area contributed by atoms with E-state index in [9.17, 15) is 4.79 Å². The van der Waals surface area contributed by atoms with Crippen molar-refractivity contribution in [3.8, 4) is 17.6 Å². The number of benzene rings is 1. The molecule has 118 valence electrons. The minimum absolute atomic E-state index is 0.0251. The van der Waals surface area contributed by atoms with Crippen LogP contribution >= 0.6 is 0 Å². The highest BCUT2D eigenvalue weighted by molar-refractivity contribution is 5.77. The van der Waals surface area contributed by atoms with Crippen LogP contribution in [0.1, 0.15) is 24.8 Å². The summed E-state index contributed by atoms with van der Waals surface area (Å²) in [7, 11) is 0. The summed E-state index contributed by atoms with van der Waals surface area (Å²) in [5, 5.41) is 2.75. The van der Waals surface area contributed by atoms with E-state index in [2.05, 4.69) is 22.1 Å². The third kappa shape index (κ3) is 6.19. The highest BCUT2D eigenvalue weighted by Crippen LogP contribution is 2.11. The predicted molar refractivity (Wildman–Crippen MR) is 87.8 cm³/mol. The molecule has 0 saturated carbocycles. The summed E-state index contributed by atoms with van der Waals surface area (Å²) in [4.78, 5) is 14.0. The Bertz CT molecular complexity index is 540. The lowest BCUT2D eigenvalue weighted by Crippen LogP contribution is -2.30. The molecule has 1 heterocycles. The zero-order chi connectivity index (χ0) is 15.6. The van der Waals surface area contributed by atoms with Crippen LogP contribution < -0.4 is 10.1 Å². The topological polar surface area (TPSA) is 41.6 Å². The maximum Gasteiger partial charge on any atom is 0.258 e. The zero-order valence-corrected chi connectivity index (χ0v) is 13.2. The fourth-order valence-electron chi connectivity index (χ4n) is 2.40. The molecule has 1 aliphatic heterocycles. The van der Waals surface area contributed by atoms with Gasteiger partial charge in [-0.1, -0.05) is 30.4 Å². The molecule has 0 radical (unpaired) electrons. The molecule has 1 aromatic rings. The maximum absolute atomic E-state index is 11.7. The normalized spacial score (nSPS) is 14.8. The molecule has 1 amide bonds. The van der Waals surface area contributed by atoms with Crippen LogP contribution in [0, 0.1) is 18.8 Å². The van der Waals surface area contributed by atoms with Gasteiger partial charge in [0.1, 0.15) is 5.75 Å². The average Bonchev–Trinajstić information content (AvgIpc) is 2.54. The molecule has 0 atom stereocenters. The fraction of sp³-hybridized carbons (Fsp3) is 0.500. The summed E-state index contributed by atoms with van der Waals surface area (Å²) in [5.74, 6) is 6.67. The van der Waals surface area contributed by atoms with Crippen LogP contribution in [-0.4, -0.2) is 43.6 Å². The lowest BCUT2D eigenvalue weighted by Gasteiger charge is -2.23. The van der Waals surface area contributed by atoms with Gasteiger partial charge in [0.05, 0.1) is 13.1 Å². The Morgan fingerprint density at radius 3 is 2.86 bits per heavy atom. The first-order valence-corrected chi connectivity index (χ1v) is 7.88. The first kappa shape index (κ1) is 16.4. The third-order valence-corrected chi connectivity index (χ3v) is 3.61. The summed E-state index contributed by atoms with van der Waals surface area (Å²) in [6.07, 6.45) is 3.88. The fourth-order valence-corrected chi connectivity index (χ4v) is 2.40. The van der Waals surface area contributed by atoms with Crippen LogP contribution in [0.2, 0.25) is 0 Å². The monoisotopic (exact) mass is 300 g/mol. The van der Waals surface area contributed by atoms with E-state index in [0.29, 0.717) is 12.3 Å². The van der Waals surface area contributed by atoms with Gasteiger partial charge in [0.2, 0.25) is 0 Å². The molecular weight excluding hydrogens is 276 g/mol. The Kier molecular flexibility index (Phi) is 6.79. The maximum atomic E-state index is 11.7. The quantitative estimate of drug-likeness (QED) is 0.846. The van der Waals surface area contributed by atoms with E-state index in [1.54, 1.807) is 0 Å². The number of hydrogen-bond donors (Lipinski definition) is 1. The second-order valence-corrected chi connectivity index (χ2v) is 5.57. The minimum Gasteiger partial charge on any atom is -0.484 e. The van der Waals surface area contributed by atoms with Crippen LogP contribution in [0.15, 0.2) is 24.3 Å². The first-order valence-electron chi connectivity index (χ1n) is 7.88. The molecule has 1 N–H and O–H groups in total. The molecule has 1 saturated heterocycles. The van der Waals surface area contributed by atoms with Crippen LogP contribution in [-0.2, 0) is 4.79 Å². The largest absolute Gasteiger partial charge is 0.484 e. The van der Waals surface area contributed by atoms with Gasteiger partial charge >= 0.3 is 0 Å². The van der Waals surface area contributed by atoms with Crippen LogP contribution in [0.25, 0.3) is 0 Å². The van der Waals surface area contributed by atoms with E-state index in [0.717, 1.165) is 25.2 Å². The van der Waals surface area contributed by atoms with Crippen molar-refractivity contribution in [1.82, 2.24) is 10.2 Å². The Balaban J connectivity index is 1.59. The van der Waals surface area contributed by atoms with Crippen LogP contribution in [0.3, 0.4) is 0 Å². The van der Waals surface area contributed by atoms with Gasteiger partial charge in [0.15, 0.2) is 6.61 Å². The summed E-state index contributed by atoms with van der Waals surface area (Å²) >= 11 is 0. The standard InChI is InChI=1S/C18H24N2O2/c1-16-8-7-9-17(14-16)22-15-18(21)19-10-3-6-13-20-11-4-2-5-12-20/h7-9,14H,2,4-5,10-13,15H2,1H3,(H,19,21). The molecule has 0 bridgehead atoms. The van der Waals surface area contributed by atoms with Crippen molar-refractivity contribution in [2.75, 3.05) is 32.8 Å². The Hall–Kier alpha value is -1.99. The van der Waals surface area contributed by atoms with Gasteiger partial charge in [0, 0.05) is 0 Å². The van der Waals surface area contributed by atoms with Crippen molar-refractivity contribution in [3.63, 3.8) is 0 Å². The number of amides is 1. The van der Waals surface area contributed by atoms with E-state index in [1.165, 1.54) is 19.3 Å². The van der Waals surface area contributed by atoms with E-state index in [4.69, 9.17) is 4.74 Å². The number of rotatable bonds is 5. The number of carbonyl (C=O) groups is 1. The summed E-state index contributed by atoms with van der Waals surface area (Å²) in [6.45, 7) is 5.48. The van der Waals surface area contributed by atoms with E-state index < -0.39 is 0 Å². The molecule has 0 aliphatic carbocycles. The van der Waals surface area contributed by atoms with Gasteiger partial charge in [-0.05, 0) is 50.6 Å². The molecule has 4 heteroatoms. The number of nitrogens with zero attached hydrogens (tertiary/aromatic N) is 1. The van der Waals surface area contributed by atoms with Gasteiger partial charge in [-0.2, -0.15) is 0 Å². The smallest absolute Gasteiger partial charge is 0.258 e. The van der Waals surface area contributed by atoms with Gasteiger partial charge in [-0.3, -0.25) is 9.69 Å². The Morgan fingerprint density at radius 2 is 2.09 bits per heavy atom. The molecule has 0 unspecified atom stereocenters. The number of hydrogen-bond acceptors (Lipinski definition) is 3. The number of piperidine rings is 1. The molecule has 22 heavy (non-hydrogen) atoms. The lowest BCUT2D eigenvalue weighted by atomic mass is 10.1. The first-order chi connectivity index (χ1) is 10.7. The molecule has 0 aromatic heterocycles. The molecule has 1 fully saturated rings. The van der Waals surface area contributed by atoms with Gasteiger partial charge in [-0.25, -0.2) is 0 Å². The van der Waals surface area contributed by atoms with Gasteiger partial charge in [0.25, 0.3) is 5.91 Å². The van der Waals surface area contributed by atoms with Crippen molar-refractivity contribution in [3.05, 3.63) is 29.8 Å². The number of carbonyl (C=O) groups excluding carboxylic acids is 1. The van der Waals surface area contributed by atoms with Crippen LogP contribution in [0.4, 0.5) is 0 Å². The highest BCUT2D eigenvalue weighted by Gasteiger charge is 2.07. The van der Waals surface area contributed by atoms with Crippen molar-refractivity contribution >= 4 is 5.91 Å². The molecule has 1 aromatic carbocycles. The number of nitrogens with one attached hydrogen (secondary N) is 1. The molecule has 2 rings (SSSR count). The van der Waals surface area contributed by atoms with E-state index in [-0.39, 0.29) is 12.5 Å². The SMILES string of the molecule is Cc1cccc(OCC(=O)NCC#CCN2CCCCC2)c1. The van der Waals surface area contributed by atoms with Crippen molar-refractivity contribution in [2.45, 2.75) is 26.2 Å². The highest BCUT2D eigenvalue weighted by atomic mass is 16.5. The van der Waals surface area contributed by atoms with Crippen molar-refractivity contribution in [2.24, 2.45) is 0 Å². The summed E-state index contributed by atoms with van der Waals surface area (Å²) < 4.78 is 5.43. The van der Waals surface area contributed by atoms with Crippen molar-refractivity contribution in [1.29, 1.82) is 0 Å².